The number of anilines is 1. The van der Waals surface area contributed by atoms with Crippen molar-refractivity contribution in [2.24, 2.45) is 0 Å². The van der Waals surface area contributed by atoms with Crippen LogP contribution in [0.5, 0.6) is 5.75 Å². The summed E-state index contributed by atoms with van der Waals surface area (Å²) in [5, 5.41) is 23.5. The number of nitrogens with one attached hydrogen (secondary N) is 1. The molecule has 1 aromatic rings. The number of carbonyl (C=O) groups is 1. The molecule has 0 spiro atoms. The van der Waals surface area contributed by atoms with Crippen LogP contribution in [0.25, 0.3) is 0 Å². The van der Waals surface area contributed by atoms with Crippen molar-refractivity contribution in [2.45, 2.75) is 39.2 Å². The van der Waals surface area contributed by atoms with Crippen LogP contribution in [0.15, 0.2) is 18.2 Å². The lowest BCUT2D eigenvalue weighted by atomic mass is 9.92. The number of hydrogen-bond donors (Lipinski definition) is 2. The predicted molar refractivity (Wildman–Crippen MR) is 78.8 cm³/mol. The van der Waals surface area contributed by atoms with E-state index in [1.54, 1.807) is 26.8 Å². The minimum Gasteiger partial charge on any atom is -0.487 e. The van der Waals surface area contributed by atoms with E-state index in [-0.39, 0.29) is 23.7 Å². The molecule has 0 atom stereocenters. The van der Waals surface area contributed by atoms with E-state index in [9.17, 15) is 20.0 Å². The van der Waals surface area contributed by atoms with Gasteiger partial charge in [-0.25, -0.2) is 4.79 Å². The highest BCUT2D eigenvalue weighted by molar-refractivity contribution is 5.84. The van der Waals surface area contributed by atoms with Crippen molar-refractivity contribution >= 4 is 17.3 Å². The molecule has 21 heavy (non-hydrogen) atoms. The zero-order valence-electron chi connectivity index (χ0n) is 12.4. The first-order valence-corrected chi connectivity index (χ1v) is 6.83. The highest BCUT2D eigenvalue weighted by Crippen LogP contribution is 2.37. The minimum absolute atomic E-state index is 0.124. The number of carboxylic acids is 1. The smallest absolute Gasteiger partial charge is 0.333 e. The molecule has 0 aromatic heterocycles. The molecule has 0 unspecified atom stereocenters. The van der Waals surface area contributed by atoms with Gasteiger partial charge in [-0.05, 0) is 31.9 Å². The minimum atomic E-state index is -1.24. The average Bonchev–Trinajstić information content (AvgIpc) is 2.44. The van der Waals surface area contributed by atoms with Crippen LogP contribution in [0.3, 0.4) is 0 Å². The van der Waals surface area contributed by atoms with Crippen LogP contribution in [0.2, 0.25) is 0 Å². The number of rotatable bonds is 8. The van der Waals surface area contributed by atoms with Crippen LogP contribution in [-0.4, -0.2) is 28.1 Å². The van der Waals surface area contributed by atoms with Crippen LogP contribution in [0.1, 0.15) is 33.6 Å². The van der Waals surface area contributed by atoms with Crippen LogP contribution in [0.4, 0.5) is 11.4 Å². The first-order valence-electron chi connectivity index (χ1n) is 6.83. The molecule has 7 heteroatoms. The van der Waals surface area contributed by atoms with Gasteiger partial charge >= 0.3 is 11.7 Å². The Labute approximate surface area is 123 Å². The van der Waals surface area contributed by atoms with Crippen molar-refractivity contribution in [1.82, 2.24) is 0 Å². The fraction of sp³-hybridized carbons (Fsp3) is 0.500. The highest BCUT2D eigenvalue weighted by atomic mass is 16.6. The summed E-state index contributed by atoms with van der Waals surface area (Å²) in [6.45, 7) is 5.46. The Morgan fingerprint density at radius 3 is 2.43 bits per heavy atom. The molecule has 116 valence electrons. The van der Waals surface area contributed by atoms with E-state index in [0.29, 0.717) is 12.8 Å². The first-order chi connectivity index (χ1) is 9.91. The Morgan fingerprint density at radius 2 is 2.00 bits per heavy atom. The van der Waals surface area contributed by atoms with E-state index in [1.807, 2.05) is 0 Å². The van der Waals surface area contributed by atoms with Gasteiger partial charge in [-0.2, -0.15) is 0 Å². The molecule has 0 fully saturated rings. The summed E-state index contributed by atoms with van der Waals surface area (Å²) < 4.78 is 5.25. The number of hydrogen-bond acceptors (Lipinski definition) is 5. The van der Waals surface area contributed by atoms with E-state index in [2.05, 4.69) is 5.32 Å². The summed E-state index contributed by atoms with van der Waals surface area (Å²) in [5.41, 5.74) is -1.33. The number of benzene rings is 1. The standard InChI is InChI=1S/C14H20N2O5/c1-4-14(5-2,13(17)18)15-10-8-7-9-11(21-6-3)12(10)16(19)20/h7-9,15H,4-6H2,1-3H3,(H,17,18). The largest absolute Gasteiger partial charge is 0.487 e. The second-order valence-corrected chi connectivity index (χ2v) is 4.56. The Bertz CT molecular complexity index is 526. The maximum Gasteiger partial charge on any atom is 0.333 e. The highest BCUT2D eigenvalue weighted by Gasteiger charge is 2.37. The van der Waals surface area contributed by atoms with Gasteiger partial charge in [0.05, 0.1) is 11.5 Å². The molecule has 0 heterocycles. The Kier molecular flexibility index (Phi) is 5.52. The number of nitro benzene ring substituents is 1. The molecule has 0 aliphatic heterocycles. The van der Waals surface area contributed by atoms with Crippen molar-refractivity contribution in [3.8, 4) is 5.75 Å². The molecular formula is C14H20N2O5. The van der Waals surface area contributed by atoms with Crippen LogP contribution in [-0.2, 0) is 4.79 Å². The van der Waals surface area contributed by atoms with Gasteiger partial charge in [0.2, 0.25) is 0 Å². The third kappa shape index (κ3) is 3.42. The molecule has 1 rings (SSSR count). The van der Waals surface area contributed by atoms with Gasteiger partial charge in [0.15, 0.2) is 5.75 Å². The molecule has 0 amide bonds. The molecule has 0 saturated carbocycles. The third-order valence-corrected chi connectivity index (χ3v) is 3.47. The summed E-state index contributed by atoms with van der Waals surface area (Å²) in [6.07, 6.45) is 0.601. The molecule has 0 radical (unpaired) electrons. The lowest BCUT2D eigenvalue weighted by Crippen LogP contribution is -2.45. The zero-order valence-corrected chi connectivity index (χ0v) is 12.4. The van der Waals surface area contributed by atoms with Crippen molar-refractivity contribution < 1.29 is 19.6 Å². The second-order valence-electron chi connectivity index (χ2n) is 4.56. The molecule has 0 bridgehead atoms. The topological polar surface area (TPSA) is 102 Å². The van der Waals surface area contributed by atoms with Crippen LogP contribution < -0.4 is 10.1 Å². The van der Waals surface area contributed by atoms with Gasteiger partial charge in [0, 0.05) is 0 Å². The van der Waals surface area contributed by atoms with E-state index in [0.717, 1.165) is 0 Å². The molecule has 2 N–H and O–H groups in total. The van der Waals surface area contributed by atoms with E-state index in [4.69, 9.17) is 4.74 Å². The maximum absolute atomic E-state index is 11.5. The molecule has 0 saturated heterocycles. The summed E-state index contributed by atoms with van der Waals surface area (Å²) in [5.74, 6) is -0.914. The van der Waals surface area contributed by atoms with Crippen molar-refractivity contribution in [2.75, 3.05) is 11.9 Å². The SMILES string of the molecule is CCOc1cccc(NC(CC)(CC)C(=O)O)c1[N+](=O)[O-]. The second kappa shape index (κ2) is 6.92. The van der Waals surface area contributed by atoms with Crippen molar-refractivity contribution in [1.29, 1.82) is 0 Å². The van der Waals surface area contributed by atoms with Crippen LogP contribution >= 0.6 is 0 Å². The van der Waals surface area contributed by atoms with Gasteiger partial charge in [0.1, 0.15) is 11.2 Å². The van der Waals surface area contributed by atoms with Gasteiger partial charge < -0.3 is 15.2 Å². The summed E-state index contributed by atoms with van der Waals surface area (Å²) in [6, 6.07) is 4.58. The number of ether oxygens (including phenoxy) is 1. The average molecular weight is 296 g/mol. The number of aliphatic carboxylic acids is 1. The van der Waals surface area contributed by atoms with Crippen molar-refractivity contribution in [3.05, 3.63) is 28.3 Å². The lowest BCUT2D eigenvalue weighted by Gasteiger charge is -2.29. The fourth-order valence-corrected chi connectivity index (χ4v) is 2.12. The number of carboxylic acid groups (broad SMARTS) is 1. The first kappa shape index (κ1) is 16.7. The van der Waals surface area contributed by atoms with Gasteiger partial charge in [-0.3, -0.25) is 10.1 Å². The van der Waals surface area contributed by atoms with Gasteiger partial charge in [0.25, 0.3) is 0 Å². The number of nitro groups is 1. The monoisotopic (exact) mass is 296 g/mol. The predicted octanol–water partition coefficient (Wildman–Crippen LogP) is 3.05. The molecular weight excluding hydrogens is 276 g/mol. The Morgan fingerprint density at radius 1 is 1.38 bits per heavy atom. The van der Waals surface area contributed by atoms with Gasteiger partial charge in [-0.15, -0.1) is 0 Å². The normalized spacial score (nSPS) is 11.0. The summed E-state index contributed by atoms with van der Waals surface area (Å²) in [4.78, 5) is 22.2. The van der Waals surface area contributed by atoms with Crippen LogP contribution in [0, 0.1) is 10.1 Å². The zero-order chi connectivity index (χ0) is 16.0. The third-order valence-electron chi connectivity index (χ3n) is 3.47. The van der Waals surface area contributed by atoms with E-state index in [1.165, 1.54) is 12.1 Å². The van der Waals surface area contributed by atoms with Gasteiger partial charge in [-0.1, -0.05) is 19.9 Å². The molecule has 0 aliphatic rings. The number of para-hydroxylation sites is 1. The molecule has 0 aliphatic carbocycles. The number of nitrogens with zero attached hydrogens (tertiary/aromatic N) is 1. The van der Waals surface area contributed by atoms with E-state index >= 15 is 0 Å². The quantitative estimate of drug-likeness (QED) is 0.564. The van der Waals surface area contributed by atoms with Crippen molar-refractivity contribution in [3.63, 3.8) is 0 Å². The Balaban J connectivity index is 3.33. The Hall–Kier alpha value is -2.31. The lowest BCUT2D eigenvalue weighted by molar-refractivity contribution is -0.385. The molecule has 1 aromatic carbocycles. The maximum atomic E-state index is 11.5. The summed E-state index contributed by atoms with van der Waals surface area (Å²) >= 11 is 0. The summed E-state index contributed by atoms with van der Waals surface area (Å²) in [7, 11) is 0. The molecule has 7 nitrogen and oxygen atoms in total. The van der Waals surface area contributed by atoms with E-state index < -0.39 is 16.4 Å². The fourth-order valence-electron chi connectivity index (χ4n) is 2.12.